The maximum absolute atomic E-state index is 12.3. The first-order valence-electron chi connectivity index (χ1n) is 8.36. The Labute approximate surface area is 136 Å². The van der Waals surface area contributed by atoms with Crippen molar-refractivity contribution in [3.8, 4) is 0 Å². The van der Waals surface area contributed by atoms with Crippen LogP contribution in [0.4, 0.5) is 0 Å². The van der Waals surface area contributed by atoms with Gasteiger partial charge < -0.3 is 15.2 Å². The number of rotatable bonds is 5. The molecule has 1 aliphatic carbocycles. The molecule has 23 heavy (non-hydrogen) atoms. The van der Waals surface area contributed by atoms with Gasteiger partial charge in [-0.1, -0.05) is 36.8 Å². The molecule has 124 valence electrons. The lowest BCUT2D eigenvalue weighted by atomic mass is 9.94. The lowest BCUT2D eigenvalue weighted by molar-refractivity contribution is -0.152. The van der Waals surface area contributed by atoms with Crippen LogP contribution < -0.4 is 5.32 Å². The van der Waals surface area contributed by atoms with Gasteiger partial charge in [-0.2, -0.15) is 0 Å². The number of hydrogen-bond acceptors (Lipinski definition) is 3. The van der Waals surface area contributed by atoms with E-state index in [4.69, 9.17) is 9.84 Å². The first-order chi connectivity index (χ1) is 11.1. The number of hydrogen-bond donors (Lipinski definition) is 2. The predicted octanol–water partition coefficient (Wildman–Crippen LogP) is 2.15. The van der Waals surface area contributed by atoms with E-state index in [0.29, 0.717) is 18.8 Å². The van der Waals surface area contributed by atoms with Gasteiger partial charge in [-0.25, -0.2) is 4.79 Å². The summed E-state index contributed by atoms with van der Waals surface area (Å²) in [6.07, 6.45) is 3.62. The highest BCUT2D eigenvalue weighted by atomic mass is 16.5. The van der Waals surface area contributed by atoms with Gasteiger partial charge in [0.2, 0.25) is 5.91 Å². The Morgan fingerprint density at radius 1 is 1.09 bits per heavy atom. The standard InChI is InChI=1S/C18H23NO4/c20-17(15-9-10-16(23-15)18(21)22)19-14-8-4-7-13(14)11-12-5-2-1-3-6-12/h1-3,5-6,13-16H,4,7-11H2,(H,19,20)(H,21,22)/t13?,14?,15-,16+/m0/s1. The summed E-state index contributed by atoms with van der Waals surface area (Å²) in [5, 5.41) is 12.0. The monoisotopic (exact) mass is 317 g/mol. The quantitative estimate of drug-likeness (QED) is 0.872. The van der Waals surface area contributed by atoms with Crippen LogP contribution in [0.25, 0.3) is 0 Å². The number of carbonyl (C=O) groups is 2. The van der Waals surface area contributed by atoms with Crippen LogP contribution in [-0.2, 0) is 20.7 Å². The van der Waals surface area contributed by atoms with Gasteiger partial charge in [0.25, 0.3) is 0 Å². The van der Waals surface area contributed by atoms with E-state index in [1.54, 1.807) is 0 Å². The zero-order valence-corrected chi connectivity index (χ0v) is 13.1. The molecule has 1 aliphatic heterocycles. The molecule has 1 amide bonds. The number of aliphatic carboxylic acids is 1. The van der Waals surface area contributed by atoms with Gasteiger partial charge in [0.1, 0.15) is 6.10 Å². The number of ether oxygens (including phenoxy) is 1. The first kappa shape index (κ1) is 16.0. The van der Waals surface area contributed by atoms with E-state index in [1.807, 2.05) is 18.2 Å². The van der Waals surface area contributed by atoms with Crippen LogP contribution in [-0.4, -0.2) is 35.2 Å². The van der Waals surface area contributed by atoms with Gasteiger partial charge in [-0.3, -0.25) is 4.79 Å². The highest BCUT2D eigenvalue weighted by molar-refractivity contribution is 5.82. The van der Waals surface area contributed by atoms with Gasteiger partial charge >= 0.3 is 5.97 Å². The molecule has 0 aromatic heterocycles. The molecule has 4 atom stereocenters. The maximum atomic E-state index is 12.3. The SMILES string of the molecule is O=C(NC1CCCC1Cc1ccccc1)[C@@H]1CC[C@H](C(=O)O)O1. The average molecular weight is 317 g/mol. The smallest absolute Gasteiger partial charge is 0.332 e. The fraction of sp³-hybridized carbons (Fsp3) is 0.556. The number of nitrogens with one attached hydrogen (secondary N) is 1. The van der Waals surface area contributed by atoms with Crippen molar-refractivity contribution < 1.29 is 19.4 Å². The Hall–Kier alpha value is -1.88. The second kappa shape index (κ2) is 7.13. The lowest BCUT2D eigenvalue weighted by Gasteiger charge is -2.23. The Balaban J connectivity index is 1.54. The summed E-state index contributed by atoms with van der Waals surface area (Å²) in [6.45, 7) is 0. The van der Waals surface area contributed by atoms with Crippen LogP contribution >= 0.6 is 0 Å². The average Bonchev–Trinajstić information content (AvgIpc) is 3.18. The third-order valence-electron chi connectivity index (χ3n) is 4.91. The third kappa shape index (κ3) is 3.91. The minimum atomic E-state index is -0.983. The van der Waals surface area contributed by atoms with Crippen molar-refractivity contribution >= 4 is 11.9 Å². The van der Waals surface area contributed by atoms with E-state index < -0.39 is 18.2 Å². The molecule has 1 saturated heterocycles. The van der Waals surface area contributed by atoms with Gasteiger partial charge in [-0.05, 0) is 43.6 Å². The Bertz CT molecular complexity index is 559. The number of amides is 1. The molecule has 2 N–H and O–H groups in total. The summed E-state index contributed by atoms with van der Waals surface area (Å²) in [7, 11) is 0. The molecule has 1 aromatic carbocycles. The predicted molar refractivity (Wildman–Crippen MR) is 84.9 cm³/mol. The van der Waals surface area contributed by atoms with Crippen LogP contribution in [0.3, 0.4) is 0 Å². The molecule has 2 unspecified atom stereocenters. The molecule has 3 rings (SSSR count). The molecule has 0 bridgehead atoms. The highest BCUT2D eigenvalue weighted by Gasteiger charge is 2.37. The van der Waals surface area contributed by atoms with Crippen molar-refractivity contribution in [2.75, 3.05) is 0 Å². The van der Waals surface area contributed by atoms with Crippen molar-refractivity contribution in [3.63, 3.8) is 0 Å². The second-order valence-electron chi connectivity index (χ2n) is 6.52. The maximum Gasteiger partial charge on any atom is 0.332 e. The lowest BCUT2D eigenvalue weighted by Crippen LogP contribution is -2.43. The van der Waals surface area contributed by atoms with E-state index in [2.05, 4.69) is 17.4 Å². The van der Waals surface area contributed by atoms with E-state index in [9.17, 15) is 9.59 Å². The molecule has 1 heterocycles. The molecule has 5 heteroatoms. The molecule has 5 nitrogen and oxygen atoms in total. The molecular weight excluding hydrogens is 294 g/mol. The van der Waals surface area contributed by atoms with E-state index in [1.165, 1.54) is 5.56 Å². The van der Waals surface area contributed by atoms with Crippen LogP contribution in [0.1, 0.15) is 37.7 Å². The minimum Gasteiger partial charge on any atom is -0.479 e. The molecular formula is C18H23NO4. The number of carbonyl (C=O) groups excluding carboxylic acids is 1. The fourth-order valence-corrected chi connectivity index (χ4v) is 3.68. The molecule has 2 fully saturated rings. The van der Waals surface area contributed by atoms with Gasteiger partial charge in [0.05, 0.1) is 0 Å². The molecule has 0 spiro atoms. The fourth-order valence-electron chi connectivity index (χ4n) is 3.68. The highest BCUT2D eigenvalue weighted by Crippen LogP contribution is 2.29. The second-order valence-corrected chi connectivity index (χ2v) is 6.52. The normalized spacial score (nSPS) is 30.3. The molecule has 0 radical (unpaired) electrons. The van der Waals surface area contributed by atoms with E-state index >= 15 is 0 Å². The summed E-state index contributed by atoms with van der Waals surface area (Å²) < 4.78 is 5.34. The van der Waals surface area contributed by atoms with Crippen molar-refractivity contribution in [1.82, 2.24) is 5.32 Å². The summed E-state index contributed by atoms with van der Waals surface area (Å²) >= 11 is 0. The molecule has 2 aliphatic rings. The van der Waals surface area contributed by atoms with E-state index in [0.717, 1.165) is 25.7 Å². The van der Waals surface area contributed by atoms with Gasteiger partial charge in [0.15, 0.2) is 6.10 Å². The van der Waals surface area contributed by atoms with E-state index in [-0.39, 0.29) is 11.9 Å². The van der Waals surface area contributed by atoms with Crippen molar-refractivity contribution in [2.45, 2.75) is 56.8 Å². The number of carboxylic acids is 1. The Kier molecular flexibility index (Phi) is 4.96. The molecule has 1 aromatic rings. The van der Waals surface area contributed by atoms with Gasteiger partial charge in [-0.15, -0.1) is 0 Å². The van der Waals surface area contributed by atoms with Crippen molar-refractivity contribution in [3.05, 3.63) is 35.9 Å². The number of carboxylic acid groups (broad SMARTS) is 1. The largest absolute Gasteiger partial charge is 0.479 e. The topological polar surface area (TPSA) is 75.6 Å². The van der Waals surface area contributed by atoms with Crippen LogP contribution in [0.5, 0.6) is 0 Å². The molecule has 1 saturated carbocycles. The minimum absolute atomic E-state index is 0.154. The van der Waals surface area contributed by atoms with Crippen LogP contribution in [0, 0.1) is 5.92 Å². The first-order valence-corrected chi connectivity index (χ1v) is 8.36. The van der Waals surface area contributed by atoms with Crippen molar-refractivity contribution in [2.24, 2.45) is 5.92 Å². The zero-order chi connectivity index (χ0) is 16.2. The number of benzene rings is 1. The zero-order valence-electron chi connectivity index (χ0n) is 13.1. The van der Waals surface area contributed by atoms with Crippen LogP contribution in [0.2, 0.25) is 0 Å². The van der Waals surface area contributed by atoms with Crippen LogP contribution in [0.15, 0.2) is 30.3 Å². The summed E-state index contributed by atoms with van der Waals surface area (Å²) in [5.74, 6) is -0.695. The van der Waals surface area contributed by atoms with Crippen molar-refractivity contribution in [1.29, 1.82) is 0 Å². The van der Waals surface area contributed by atoms with Gasteiger partial charge in [0, 0.05) is 6.04 Å². The Morgan fingerprint density at radius 3 is 2.52 bits per heavy atom. The Morgan fingerprint density at radius 2 is 1.83 bits per heavy atom. The third-order valence-corrected chi connectivity index (χ3v) is 4.91. The summed E-state index contributed by atoms with van der Waals surface area (Å²) in [6, 6.07) is 10.5. The summed E-state index contributed by atoms with van der Waals surface area (Å²) in [5.41, 5.74) is 1.29. The summed E-state index contributed by atoms with van der Waals surface area (Å²) in [4.78, 5) is 23.3.